The molecule has 5 aromatic rings. The molecule has 0 saturated heterocycles. The molecule has 1 aromatic heterocycles. The highest BCUT2D eigenvalue weighted by atomic mass is 19.1. The van der Waals surface area contributed by atoms with Crippen LogP contribution in [0.15, 0.2) is 89.3 Å². The first-order valence-electron chi connectivity index (χ1n) is 15.7. The summed E-state index contributed by atoms with van der Waals surface area (Å²) >= 11 is 0. The van der Waals surface area contributed by atoms with Crippen LogP contribution in [0, 0.1) is 11.7 Å². The molecular weight excluding hydrogens is 613 g/mol. The van der Waals surface area contributed by atoms with E-state index in [1.54, 1.807) is 66.7 Å². The summed E-state index contributed by atoms with van der Waals surface area (Å²) in [7, 11) is 1.52. The number of amides is 4. The van der Waals surface area contributed by atoms with E-state index in [0.717, 1.165) is 0 Å². The van der Waals surface area contributed by atoms with Gasteiger partial charge in [-0.25, -0.2) is 4.39 Å². The molecule has 0 fully saturated rings. The zero-order chi connectivity index (χ0) is 33.9. The monoisotopic (exact) mass is 647 g/mol. The van der Waals surface area contributed by atoms with Gasteiger partial charge in [-0.3, -0.25) is 24.1 Å². The van der Waals surface area contributed by atoms with Crippen molar-refractivity contribution in [3.8, 4) is 28.2 Å². The minimum Gasteiger partial charge on any atom is -0.493 e. The Balaban J connectivity index is 1.32. The zero-order valence-corrected chi connectivity index (χ0v) is 26.8. The Morgan fingerprint density at radius 2 is 1.54 bits per heavy atom. The first kappa shape index (κ1) is 32.2. The minimum absolute atomic E-state index is 0.181. The van der Waals surface area contributed by atoms with Crippen LogP contribution in [0.2, 0.25) is 0 Å². The third-order valence-electron chi connectivity index (χ3n) is 8.13. The molecule has 0 unspecified atom stereocenters. The van der Waals surface area contributed by atoms with Gasteiger partial charge in [0.15, 0.2) is 0 Å². The molecule has 6 rings (SSSR count). The molecule has 48 heavy (non-hydrogen) atoms. The quantitative estimate of drug-likeness (QED) is 0.122. The number of furan rings is 1. The molecule has 9 nitrogen and oxygen atoms in total. The summed E-state index contributed by atoms with van der Waals surface area (Å²) < 4.78 is 26.0. The van der Waals surface area contributed by atoms with Crippen molar-refractivity contribution in [2.24, 2.45) is 5.92 Å². The summed E-state index contributed by atoms with van der Waals surface area (Å²) in [4.78, 5) is 53.0. The van der Waals surface area contributed by atoms with E-state index in [1.165, 1.54) is 24.1 Å². The number of fused-ring (bicyclic) bond motifs is 2. The van der Waals surface area contributed by atoms with E-state index in [2.05, 4.69) is 10.6 Å². The first-order valence-corrected chi connectivity index (χ1v) is 15.7. The minimum atomic E-state index is -0.410. The SMILES string of the molecule is CNC(=O)c1c(-c2ccc(F)cc2)oc2ccc(-c3cc(C(=O)NCC(C)C)ccc3OCCCN3C(=O)c4ccccc4C3=O)cc12. The molecule has 2 N–H and O–H groups in total. The van der Waals surface area contributed by atoms with Gasteiger partial charge in [0.2, 0.25) is 0 Å². The van der Waals surface area contributed by atoms with E-state index in [4.69, 9.17) is 9.15 Å². The van der Waals surface area contributed by atoms with Crippen LogP contribution in [0.3, 0.4) is 0 Å². The lowest BCUT2D eigenvalue weighted by Crippen LogP contribution is -2.31. The largest absolute Gasteiger partial charge is 0.493 e. The lowest BCUT2D eigenvalue weighted by Gasteiger charge is -2.16. The van der Waals surface area contributed by atoms with E-state index in [9.17, 15) is 23.6 Å². The zero-order valence-electron chi connectivity index (χ0n) is 26.8. The van der Waals surface area contributed by atoms with Crippen LogP contribution in [-0.4, -0.2) is 55.3 Å². The standard InChI is InChI=1S/C38H34FN3O6/c1-22(2)21-41-35(43)25-12-15-31(47-18-6-17-42-37(45)27-7-4-5-8-28(27)38(42)46)29(20-25)24-11-16-32-30(19-24)33(36(44)40-3)34(48-32)23-9-13-26(39)14-10-23/h4-5,7-16,19-20,22H,6,17-18,21H2,1-3H3,(H,40,44)(H,41,43). The highest BCUT2D eigenvalue weighted by Crippen LogP contribution is 2.39. The summed E-state index contributed by atoms with van der Waals surface area (Å²) in [5, 5.41) is 6.13. The van der Waals surface area contributed by atoms with Gasteiger partial charge in [0.05, 0.1) is 23.3 Å². The maximum absolute atomic E-state index is 13.7. The number of benzene rings is 4. The van der Waals surface area contributed by atoms with Crippen molar-refractivity contribution >= 4 is 34.6 Å². The molecule has 4 amide bonds. The van der Waals surface area contributed by atoms with Crippen molar-refractivity contribution in [1.82, 2.24) is 15.5 Å². The number of halogens is 1. The number of carbonyl (C=O) groups is 4. The van der Waals surface area contributed by atoms with Crippen LogP contribution in [0.1, 0.15) is 61.7 Å². The molecule has 10 heteroatoms. The average Bonchev–Trinajstić information content (AvgIpc) is 3.59. The van der Waals surface area contributed by atoms with Gasteiger partial charge in [0.25, 0.3) is 23.6 Å². The number of imide groups is 1. The van der Waals surface area contributed by atoms with Crippen molar-refractivity contribution in [2.45, 2.75) is 20.3 Å². The van der Waals surface area contributed by atoms with E-state index < -0.39 is 5.82 Å². The number of nitrogens with zero attached hydrogens (tertiary/aromatic N) is 1. The topological polar surface area (TPSA) is 118 Å². The van der Waals surface area contributed by atoms with E-state index in [1.807, 2.05) is 19.9 Å². The molecule has 1 aliphatic heterocycles. The molecule has 0 saturated carbocycles. The van der Waals surface area contributed by atoms with Crippen molar-refractivity contribution < 1.29 is 32.7 Å². The van der Waals surface area contributed by atoms with Crippen molar-refractivity contribution in [2.75, 3.05) is 26.7 Å². The second kappa shape index (κ2) is 13.5. The Kier molecular flexibility index (Phi) is 9.07. The summed E-state index contributed by atoms with van der Waals surface area (Å²) in [5.41, 5.74) is 3.75. The highest BCUT2D eigenvalue weighted by molar-refractivity contribution is 6.21. The van der Waals surface area contributed by atoms with Crippen LogP contribution in [0.5, 0.6) is 5.75 Å². The third kappa shape index (κ3) is 6.29. The Bertz CT molecular complexity index is 2010. The Labute approximate surface area is 276 Å². The summed E-state index contributed by atoms with van der Waals surface area (Å²) in [6.45, 7) is 4.89. The molecule has 244 valence electrons. The molecule has 0 aliphatic carbocycles. The molecule has 4 aromatic carbocycles. The Morgan fingerprint density at radius 3 is 2.21 bits per heavy atom. The third-order valence-corrected chi connectivity index (χ3v) is 8.13. The molecule has 1 aliphatic rings. The first-order chi connectivity index (χ1) is 23.2. The molecule has 0 bridgehead atoms. The van der Waals surface area contributed by atoms with Gasteiger partial charge in [-0.2, -0.15) is 0 Å². The van der Waals surface area contributed by atoms with Crippen molar-refractivity contribution in [3.63, 3.8) is 0 Å². The molecule has 0 radical (unpaired) electrons. The van der Waals surface area contributed by atoms with E-state index in [0.29, 0.717) is 68.8 Å². The van der Waals surface area contributed by atoms with E-state index >= 15 is 0 Å². The summed E-state index contributed by atoms with van der Waals surface area (Å²) in [5.74, 6) is -0.643. The number of hydrogen-bond donors (Lipinski definition) is 2. The predicted molar refractivity (Wildman–Crippen MR) is 180 cm³/mol. The molecule has 0 atom stereocenters. The average molecular weight is 648 g/mol. The highest BCUT2D eigenvalue weighted by Gasteiger charge is 2.34. The summed E-state index contributed by atoms with van der Waals surface area (Å²) in [6.07, 6.45) is 0.379. The fourth-order valence-electron chi connectivity index (χ4n) is 5.69. The smallest absolute Gasteiger partial charge is 0.261 e. The molecular formula is C38H34FN3O6. The number of rotatable bonds is 11. The number of hydrogen-bond acceptors (Lipinski definition) is 6. The van der Waals surface area contributed by atoms with Gasteiger partial charge in [-0.15, -0.1) is 0 Å². The summed E-state index contributed by atoms with van der Waals surface area (Å²) in [6, 6.07) is 22.9. The van der Waals surface area contributed by atoms with Gasteiger partial charge in [-0.1, -0.05) is 32.0 Å². The van der Waals surface area contributed by atoms with Crippen LogP contribution in [-0.2, 0) is 0 Å². The fourth-order valence-corrected chi connectivity index (χ4v) is 5.69. The van der Waals surface area contributed by atoms with E-state index in [-0.39, 0.29) is 48.3 Å². The Hall–Kier alpha value is -5.77. The van der Waals surface area contributed by atoms with Crippen molar-refractivity contribution in [1.29, 1.82) is 0 Å². The van der Waals surface area contributed by atoms with Crippen LogP contribution in [0.4, 0.5) is 4.39 Å². The number of ether oxygens (including phenoxy) is 1. The lowest BCUT2D eigenvalue weighted by molar-refractivity contribution is 0.0646. The number of carbonyl (C=O) groups excluding carboxylic acids is 4. The predicted octanol–water partition coefficient (Wildman–Crippen LogP) is 6.72. The maximum Gasteiger partial charge on any atom is 0.261 e. The van der Waals surface area contributed by atoms with Gasteiger partial charge in [0.1, 0.15) is 22.9 Å². The van der Waals surface area contributed by atoms with Gasteiger partial charge in [0, 0.05) is 42.2 Å². The second-order valence-electron chi connectivity index (χ2n) is 11.9. The van der Waals surface area contributed by atoms with Crippen LogP contribution in [0.25, 0.3) is 33.4 Å². The molecule has 2 heterocycles. The van der Waals surface area contributed by atoms with Crippen LogP contribution >= 0.6 is 0 Å². The van der Waals surface area contributed by atoms with Gasteiger partial charge in [-0.05, 0) is 84.6 Å². The van der Waals surface area contributed by atoms with Gasteiger partial charge >= 0.3 is 0 Å². The number of nitrogens with one attached hydrogen (secondary N) is 2. The second-order valence-corrected chi connectivity index (χ2v) is 11.9. The Morgan fingerprint density at radius 1 is 0.854 bits per heavy atom. The van der Waals surface area contributed by atoms with Gasteiger partial charge < -0.3 is 19.8 Å². The maximum atomic E-state index is 13.7. The normalized spacial score (nSPS) is 12.5. The fraction of sp³-hybridized carbons (Fsp3) is 0.211. The van der Waals surface area contributed by atoms with Crippen LogP contribution < -0.4 is 15.4 Å². The van der Waals surface area contributed by atoms with Crippen molar-refractivity contribution in [3.05, 3.63) is 113 Å². The molecule has 0 spiro atoms. The lowest BCUT2D eigenvalue weighted by atomic mass is 9.98.